The van der Waals surface area contributed by atoms with Crippen molar-refractivity contribution in [3.63, 3.8) is 0 Å². The van der Waals surface area contributed by atoms with Crippen molar-refractivity contribution in [2.24, 2.45) is 10.7 Å². The SMILES string of the molecule is NC(=O)C1=NC2=COC=CN2C=C1. The molecule has 2 heterocycles. The van der Waals surface area contributed by atoms with E-state index in [2.05, 4.69) is 4.99 Å². The lowest BCUT2D eigenvalue weighted by Crippen LogP contribution is -2.26. The summed E-state index contributed by atoms with van der Waals surface area (Å²) in [6, 6.07) is 0. The average Bonchev–Trinajstić information content (AvgIpc) is 2.17. The fourth-order valence-corrected chi connectivity index (χ4v) is 0.997. The first-order chi connectivity index (χ1) is 6.27. The van der Waals surface area contributed by atoms with Gasteiger partial charge in [0.15, 0.2) is 5.82 Å². The van der Waals surface area contributed by atoms with Gasteiger partial charge in [0.1, 0.15) is 18.2 Å². The molecule has 0 unspecified atom stereocenters. The molecule has 13 heavy (non-hydrogen) atoms. The first-order valence-corrected chi connectivity index (χ1v) is 3.65. The molecule has 0 saturated heterocycles. The second-order valence-corrected chi connectivity index (χ2v) is 2.48. The van der Waals surface area contributed by atoms with Gasteiger partial charge in [0, 0.05) is 12.4 Å². The maximum atomic E-state index is 10.8. The van der Waals surface area contributed by atoms with E-state index >= 15 is 0 Å². The zero-order valence-electron chi connectivity index (χ0n) is 6.68. The van der Waals surface area contributed by atoms with Gasteiger partial charge in [0.05, 0.1) is 0 Å². The van der Waals surface area contributed by atoms with Crippen LogP contribution in [0.3, 0.4) is 0 Å². The van der Waals surface area contributed by atoms with Gasteiger partial charge >= 0.3 is 0 Å². The average molecular weight is 177 g/mol. The van der Waals surface area contributed by atoms with Gasteiger partial charge in [-0.05, 0) is 6.08 Å². The van der Waals surface area contributed by atoms with Crippen LogP contribution in [-0.2, 0) is 9.53 Å². The third-order valence-electron chi connectivity index (χ3n) is 1.62. The van der Waals surface area contributed by atoms with Crippen LogP contribution in [0.4, 0.5) is 0 Å². The summed E-state index contributed by atoms with van der Waals surface area (Å²) >= 11 is 0. The first kappa shape index (κ1) is 7.60. The topological polar surface area (TPSA) is 67.9 Å². The van der Waals surface area contributed by atoms with Gasteiger partial charge in [-0.2, -0.15) is 0 Å². The quantitative estimate of drug-likeness (QED) is 0.615. The maximum absolute atomic E-state index is 10.8. The molecule has 5 heteroatoms. The van der Waals surface area contributed by atoms with Gasteiger partial charge in [0.25, 0.3) is 5.91 Å². The van der Waals surface area contributed by atoms with Crippen LogP contribution in [0.1, 0.15) is 0 Å². The standard InChI is InChI=1S/C8H7N3O2/c9-8(12)6-1-2-11-3-4-13-5-7(11)10-6/h1-5H,(H2,9,12). The number of hydrogen-bond donors (Lipinski definition) is 1. The number of ether oxygens (including phenoxy) is 1. The predicted molar refractivity (Wildman–Crippen MR) is 45.9 cm³/mol. The monoisotopic (exact) mass is 177 g/mol. The van der Waals surface area contributed by atoms with Crippen molar-refractivity contribution in [3.05, 3.63) is 36.8 Å². The normalized spacial score (nSPS) is 18.6. The molecule has 0 aliphatic carbocycles. The van der Waals surface area contributed by atoms with Crippen molar-refractivity contribution in [2.45, 2.75) is 0 Å². The minimum Gasteiger partial charge on any atom is -0.467 e. The van der Waals surface area contributed by atoms with Crippen LogP contribution in [-0.4, -0.2) is 16.5 Å². The van der Waals surface area contributed by atoms with Crippen LogP contribution >= 0.6 is 0 Å². The summed E-state index contributed by atoms with van der Waals surface area (Å²) in [6.45, 7) is 0. The van der Waals surface area contributed by atoms with Crippen LogP contribution in [0, 0.1) is 0 Å². The molecule has 0 radical (unpaired) electrons. The Morgan fingerprint density at radius 1 is 1.54 bits per heavy atom. The molecule has 0 spiro atoms. The molecule has 0 aromatic rings. The molecule has 0 bridgehead atoms. The molecule has 5 nitrogen and oxygen atoms in total. The summed E-state index contributed by atoms with van der Waals surface area (Å²) in [5.41, 5.74) is 5.29. The molecule has 0 aromatic carbocycles. The summed E-state index contributed by atoms with van der Waals surface area (Å²) < 4.78 is 4.89. The Balaban J connectivity index is 2.32. The number of nitrogens with zero attached hydrogens (tertiary/aromatic N) is 2. The van der Waals surface area contributed by atoms with Crippen molar-refractivity contribution >= 4 is 11.6 Å². The highest BCUT2D eigenvalue weighted by Gasteiger charge is 2.15. The molecular formula is C8H7N3O2. The van der Waals surface area contributed by atoms with Crippen molar-refractivity contribution in [1.29, 1.82) is 0 Å². The molecule has 2 N–H and O–H groups in total. The van der Waals surface area contributed by atoms with E-state index in [0.29, 0.717) is 5.82 Å². The summed E-state index contributed by atoms with van der Waals surface area (Å²) in [5, 5.41) is 0. The van der Waals surface area contributed by atoms with Gasteiger partial charge < -0.3 is 15.4 Å². The Morgan fingerprint density at radius 2 is 2.38 bits per heavy atom. The molecule has 0 aromatic heterocycles. The van der Waals surface area contributed by atoms with Gasteiger partial charge in [0.2, 0.25) is 0 Å². The number of fused-ring (bicyclic) bond motifs is 1. The van der Waals surface area contributed by atoms with E-state index in [9.17, 15) is 4.79 Å². The van der Waals surface area contributed by atoms with Crippen molar-refractivity contribution in [1.82, 2.24) is 4.90 Å². The minimum absolute atomic E-state index is 0.224. The second-order valence-electron chi connectivity index (χ2n) is 2.48. The largest absolute Gasteiger partial charge is 0.467 e. The van der Waals surface area contributed by atoms with E-state index in [-0.39, 0.29) is 5.71 Å². The molecule has 66 valence electrons. The van der Waals surface area contributed by atoms with Gasteiger partial charge in [-0.3, -0.25) is 4.79 Å². The highest BCUT2D eigenvalue weighted by Crippen LogP contribution is 2.16. The first-order valence-electron chi connectivity index (χ1n) is 3.65. The van der Waals surface area contributed by atoms with Gasteiger partial charge in [-0.15, -0.1) is 0 Å². The van der Waals surface area contributed by atoms with E-state index in [0.717, 1.165) is 0 Å². The highest BCUT2D eigenvalue weighted by atomic mass is 16.5. The molecule has 2 aliphatic rings. The summed E-state index contributed by atoms with van der Waals surface area (Å²) in [4.78, 5) is 16.5. The molecule has 0 fully saturated rings. The number of rotatable bonds is 1. The Labute approximate surface area is 74.5 Å². The molecule has 0 atom stereocenters. The zero-order chi connectivity index (χ0) is 9.26. The molecular weight excluding hydrogens is 170 g/mol. The summed E-state index contributed by atoms with van der Waals surface area (Å²) in [6.07, 6.45) is 7.88. The van der Waals surface area contributed by atoms with Crippen molar-refractivity contribution < 1.29 is 9.53 Å². The Bertz CT molecular complexity index is 366. The highest BCUT2D eigenvalue weighted by molar-refractivity contribution is 6.43. The number of carbonyl (C=O) groups is 1. The van der Waals surface area contributed by atoms with E-state index in [1.807, 2.05) is 0 Å². The third-order valence-corrected chi connectivity index (χ3v) is 1.62. The van der Waals surface area contributed by atoms with Crippen LogP contribution in [0.25, 0.3) is 0 Å². The van der Waals surface area contributed by atoms with Crippen molar-refractivity contribution in [3.8, 4) is 0 Å². The van der Waals surface area contributed by atoms with E-state index in [1.165, 1.54) is 12.5 Å². The summed E-state index contributed by atoms with van der Waals surface area (Å²) in [5.74, 6) is -0.00912. The smallest absolute Gasteiger partial charge is 0.267 e. The van der Waals surface area contributed by atoms with E-state index in [1.54, 1.807) is 23.4 Å². The third kappa shape index (κ3) is 1.31. The lowest BCUT2D eigenvalue weighted by molar-refractivity contribution is -0.111. The van der Waals surface area contributed by atoms with Crippen molar-refractivity contribution in [2.75, 3.05) is 0 Å². The minimum atomic E-state index is -0.550. The Kier molecular flexibility index (Phi) is 1.63. The zero-order valence-corrected chi connectivity index (χ0v) is 6.68. The molecule has 2 aliphatic heterocycles. The lowest BCUT2D eigenvalue weighted by Gasteiger charge is -2.21. The fourth-order valence-electron chi connectivity index (χ4n) is 0.997. The number of amides is 1. The molecule has 1 amide bonds. The number of carbonyl (C=O) groups excluding carboxylic acids is 1. The van der Waals surface area contributed by atoms with E-state index in [4.69, 9.17) is 10.5 Å². The number of primary amides is 1. The Hall–Kier alpha value is -2.04. The van der Waals surface area contributed by atoms with Crippen LogP contribution in [0.5, 0.6) is 0 Å². The maximum Gasteiger partial charge on any atom is 0.267 e. The predicted octanol–water partition coefficient (Wildman–Crippen LogP) is 0.0423. The molecule has 2 rings (SSSR count). The lowest BCUT2D eigenvalue weighted by atomic mass is 10.3. The second kappa shape index (κ2) is 2.78. The fraction of sp³-hybridized carbons (Fsp3) is 0. The van der Waals surface area contributed by atoms with Crippen LogP contribution in [0.2, 0.25) is 0 Å². The van der Waals surface area contributed by atoms with Gasteiger partial charge in [-0.1, -0.05) is 0 Å². The van der Waals surface area contributed by atoms with Gasteiger partial charge in [-0.25, -0.2) is 4.99 Å². The number of nitrogens with two attached hydrogens (primary N) is 1. The van der Waals surface area contributed by atoms with E-state index < -0.39 is 5.91 Å². The number of hydrogen-bond acceptors (Lipinski definition) is 4. The molecule has 0 saturated carbocycles. The number of aliphatic imine (C=N–C) groups is 1. The Morgan fingerprint density at radius 3 is 3.15 bits per heavy atom. The summed E-state index contributed by atoms with van der Waals surface area (Å²) in [7, 11) is 0. The van der Waals surface area contributed by atoms with Crippen LogP contribution < -0.4 is 5.73 Å². The van der Waals surface area contributed by atoms with Crippen LogP contribution in [0.15, 0.2) is 41.8 Å².